The first-order chi connectivity index (χ1) is 16.5. The molecule has 3 rings (SSSR count). The van der Waals surface area contributed by atoms with E-state index in [1.807, 2.05) is 18.4 Å². The van der Waals surface area contributed by atoms with E-state index in [9.17, 15) is 22.8 Å². The van der Waals surface area contributed by atoms with Crippen molar-refractivity contribution in [3.63, 3.8) is 0 Å². The Bertz CT molecular complexity index is 1220. The maximum atomic E-state index is 12.8. The van der Waals surface area contributed by atoms with E-state index in [1.54, 1.807) is 19.1 Å². The Labute approximate surface area is 201 Å². The lowest BCUT2D eigenvalue weighted by molar-refractivity contribution is -0.122. The Morgan fingerprint density at radius 3 is 2.57 bits per heavy atom. The number of carbonyl (C=O) groups excluding carboxylic acids is 1. The van der Waals surface area contributed by atoms with Crippen molar-refractivity contribution in [2.24, 2.45) is 5.92 Å². The third-order valence-corrected chi connectivity index (χ3v) is 5.86. The Balaban J connectivity index is 2.17. The van der Waals surface area contributed by atoms with Crippen LogP contribution >= 0.6 is 0 Å². The number of alkyl halides is 3. The maximum absolute atomic E-state index is 12.8. The average Bonchev–Trinajstić information content (AvgIpc) is 2.79. The summed E-state index contributed by atoms with van der Waals surface area (Å²) in [4.78, 5) is 25.1. The monoisotopic (exact) mass is 491 g/mol. The number of esters is 1. The molecular formula is C25H28F3N3O4. The van der Waals surface area contributed by atoms with Gasteiger partial charge < -0.3 is 24.8 Å². The molecule has 10 heteroatoms. The Morgan fingerprint density at radius 1 is 1.29 bits per heavy atom. The molecule has 2 heterocycles. The van der Waals surface area contributed by atoms with E-state index in [2.05, 4.69) is 5.32 Å². The van der Waals surface area contributed by atoms with Crippen LogP contribution < -0.4 is 15.5 Å². The van der Waals surface area contributed by atoms with E-state index in [4.69, 9.17) is 14.9 Å². The highest BCUT2D eigenvalue weighted by atomic mass is 19.4. The summed E-state index contributed by atoms with van der Waals surface area (Å²) in [5, 5.41) is 9.94. The van der Waals surface area contributed by atoms with Crippen LogP contribution in [0.25, 0.3) is 16.8 Å². The Hall–Kier alpha value is -3.56. The molecule has 0 fully saturated rings. The van der Waals surface area contributed by atoms with Gasteiger partial charge in [0.2, 0.25) is 0 Å². The number of methoxy groups -OCH3 is 1. The SMILES string of the molecule is CCOC(=O)c1cn2c(cc1=O)-c1cc(OC)c(/C(C=N)=C/NCC(F)(F)F)cc1CC2C(C)C. The van der Waals surface area contributed by atoms with Gasteiger partial charge in [0.15, 0.2) is 5.43 Å². The zero-order valence-electron chi connectivity index (χ0n) is 20.0. The van der Waals surface area contributed by atoms with Crippen molar-refractivity contribution < 1.29 is 27.4 Å². The summed E-state index contributed by atoms with van der Waals surface area (Å²) >= 11 is 0. The third kappa shape index (κ3) is 5.58. The molecule has 0 aliphatic carbocycles. The van der Waals surface area contributed by atoms with Gasteiger partial charge in [0.1, 0.15) is 17.9 Å². The van der Waals surface area contributed by atoms with E-state index >= 15 is 0 Å². The molecule has 1 unspecified atom stereocenters. The van der Waals surface area contributed by atoms with Crippen LogP contribution in [0.2, 0.25) is 0 Å². The fourth-order valence-electron chi connectivity index (χ4n) is 4.18. The lowest BCUT2D eigenvalue weighted by Gasteiger charge is -2.34. The number of hydrogen-bond donors (Lipinski definition) is 2. The number of aromatic nitrogens is 1. The molecule has 0 saturated heterocycles. The number of carbonyl (C=O) groups is 1. The summed E-state index contributed by atoms with van der Waals surface area (Å²) in [6.45, 7) is 4.63. The molecule has 1 aromatic heterocycles. The summed E-state index contributed by atoms with van der Waals surface area (Å²) in [6.07, 6.45) is -0.220. The number of halogens is 3. The third-order valence-electron chi connectivity index (χ3n) is 5.86. The molecule has 35 heavy (non-hydrogen) atoms. The average molecular weight is 492 g/mol. The van der Waals surface area contributed by atoms with Crippen LogP contribution in [0.15, 0.2) is 35.4 Å². The summed E-state index contributed by atoms with van der Waals surface area (Å²) in [5.74, 6) is -0.207. The van der Waals surface area contributed by atoms with E-state index < -0.39 is 24.1 Å². The highest BCUT2D eigenvalue weighted by Gasteiger charge is 2.30. The zero-order valence-corrected chi connectivity index (χ0v) is 20.0. The van der Waals surface area contributed by atoms with Crippen LogP contribution in [-0.4, -0.2) is 43.2 Å². The minimum absolute atomic E-state index is 0.0435. The summed E-state index contributed by atoms with van der Waals surface area (Å²) in [5.41, 5.74) is 2.33. The summed E-state index contributed by atoms with van der Waals surface area (Å²) < 4.78 is 50.1. The molecule has 7 nitrogen and oxygen atoms in total. The standard InChI is InChI=1S/C25H28F3N3O4/c1-5-35-24(33)19-12-31-20(14(2)3)7-15-6-18(16(10-29)11-30-13-25(26,27)28)23(34-4)8-17(15)21(31)9-22(19)32/h6,8-12,14,20,29-30H,5,7,13H2,1-4H3/b16-11+,29-10?. The van der Waals surface area contributed by atoms with Gasteiger partial charge in [-0.2, -0.15) is 13.2 Å². The zero-order chi connectivity index (χ0) is 25.9. The number of benzene rings is 1. The molecule has 1 aromatic carbocycles. The highest BCUT2D eigenvalue weighted by molar-refractivity contribution is 6.09. The fourth-order valence-corrected chi connectivity index (χ4v) is 4.18. The van der Waals surface area contributed by atoms with Gasteiger partial charge >= 0.3 is 12.1 Å². The van der Waals surface area contributed by atoms with Gasteiger partial charge in [0.25, 0.3) is 0 Å². The largest absolute Gasteiger partial charge is 0.496 e. The molecule has 0 spiro atoms. The van der Waals surface area contributed by atoms with Crippen molar-refractivity contribution in [2.45, 2.75) is 39.4 Å². The summed E-state index contributed by atoms with van der Waals surface area (Å²) in [6, 6.07) is 4.79. The number of ether oxygens (including phenoxy) is 2. The van der Waals surface area contributed by atoms with Gasteiger partial charge in [-0.25, -0.2) is 4.79 Å². The van der Waals surface area contributed by atoms with Gasteiger partial charge in [-0.3, -0.25) is 4.79 Å². The molecule has 2 aromatic rings. The van der Waals surface area contributed by atoms with Crippen molar-refractivity contribution >= 4 is 17.8 Å². The predicted octanol–water partition coefficient (Wildman–Crippen LogP) is 4.60. The Morgan fingerprint density at radius 2 is 2.00 bits per heavy atom. The minimum Gasteiger partial charge on any atom is -0.496 e. The molecule has 2 N–H and O–H groups in total. The molecule has 0 saturated carbocycles. The van der Waals surface area contributed by atoms with Crippen LogP contribution in [0.4, 0.5) is 13.2 Å². The number of allylic oxidation sites excluding steroid dienone is 1. The van der Waals surface area contributed by atoms with Crippen molar-refractivity contribution in [3.8, 4) is 17.0 Å². The van der Waals surface area contributed by atoms with E-state index in [0.29, 0.717) is 29.0 Å². The minimum atomic E-state index is -4.40. The molecule has 0 radical (unpaired) electrons. The second kappa shape index (κ2) is 10.4. The smallest absolute Gasteiger partial charge is 0.405 e. The Kier molecular flexibility index (Phi) is 7.72. The quantitative estimate of drug-likeness (QED) is 0.416. The van der Waals surface area contributed by atoms with E-state index in [0.717, 1.165) is 18.0 Å². The number of nitrogens with zero attached hydrogens (tertiary/aromatic N) is 1. The van der Waals surface area contributed by atoms with Crippen molar-refractivity contribution in [1.82, 2.24) is 9.88 Å². The van der Waals surface area contributed by atoms with Crippen LogP contribution in [0, 0.1) is 11.3 Å². The number of pyridine rings is 1. The number of rotatable bonds is 8. The van der Waals surface area contributed by atoms with Crippen LogP contribution in [0.5, 0.6) is 5.75 Å². The van der Waals surface area contributed by atoms with Crippen LogP contribution in [0.3, 0.4) is 0 Å². The van der Waals surface area contributed by atoms with E-state index in [-0.39, 0.29) is 29.7 Å². The van der Waals surface area contributed by atoms with E-state index in [1.165, 1.54) is 19.4 Å². The van der Waals surface area contributed by atoms with Gasteiger partial charge in [-0.15, -0.1) is 0 Å². The van der Waals surface area contributed by atoms with Crippen molar-refractivity contribution in [3.05, 3.63) is 57.5 Å². The maximum Gasteiger partial charge on any atom is 0.405 e. The molecule has 1 atom stereocenters. The van der Waals surface area contributed by atoms with Gasteiger partial charge in [-0.1, -0.05) is 13.8 Å². The molecule has 1 aliphatic heterocycles. The highest BCUT2D eigenvalue weighted by Crippen LogP contribution is 2.41. The van der Waals surface area contributed by atoms with Gasteiger partial charge in [-0.05, 0) is 37.0 Å². The van der Waals surface area contributed by atoms with Gasteiger partial charge in [0.05, 0.1) is 19.4 Å². The topological polar surface area (TPSA) is 93.4 Å². The van der Waals surface area contributed by atoms with Gasteiger partial charge in [0, 0.05) is 47.4 Å². The number of hydrogen-bond acceptors (Lipinski definition) is 6. The molecule has 0 bridgehead atoms. The van der Waals surface area contributed by atoms with Crippen molar-refractivity contribution in [1.29, 1.82) is 5.41 Å². The fraction of sp³-hybridized carbons (Fsp3) is 0.400. The first-order valence-electron chi connectivity index (χ1n) is 11.2. The second-order valence-electron chi connectivity index (χ2n) is 8.53. The number of nitrogens with one attached hydrogen (secondary N) is 2. The van der Waals surface area contributed by atoms with Crippen LogP contribution in [0.1, 0.15) is 48.3 Å². The number of fused-ring (bicyclic) bond motifs is 3. The molecular weight excluding hydrogens is 463 g/mol. The predicted molar refractivity (Wildman–Crippen MR) is 127 cm³/mol. The normalized spacial score (nSPS) is 15.3. The lowest BCUT2D eigenvalue weighted by Crippen LogP contribution is -2.28. The van der Waals surface area contributed by atoms with Crippen LogP contribution in [-0.2, 0) is 11.2 Å². The first-order valence-corrected chi connectivity index (χ1v) is 11.2. The second-order valence-corrected chi connectivity index (χ2v) is 8.53. The lowest BCUT2D eigenvalue weighted by atomic mass is 9.85. The molecule has 1 aliphatic rings. The van der Waals surface area contributed by atoms with Crippen molar-refractivity contribution in [2.75, 3.05) is 20.3 Å². The first kappa shape index (κ1) is 26.1. The molecule has 188 valence electrons. The summed E-state index contributed by atoms with van der Waals surface area (Å²) in [7, 11) is 1.42. The molecule has 0 amide bonds.